The lowest BCUT2D eigenvalue weighted by Gasteiger charge is -2.38. The van der Waals surface area contributed by atoms with Crippen LogP contribution in [0.25, 0.3) is 0 Å². The predicted molar refractivity (Wildman–Crippen MR) is 88.3 cm³/mol. The lowest BCUT2D eigenvalue weighted by atomic mass is 9.92. The Balaban J connectivity index is 2.10. The number of sulfonamides is 1. The number of ketones is 1. The summed E-state index contributed by atoms with van der Waals surface area (Å²) >= 11 is 0. The maximum atomic E-state index is 13.2. The fourth-order valence-electron chi connectivity index (χ4n) is 3.30. The van der Waals surface area contributed by atoms with Crippen LogP contribution in [0, 0.1) is 0 Å². The van der Waals surface area contributed by atoms with E-state index in [-0.39, 0.29) is 12.1 Å². The molecule has 7 nitrogen and oxygen atoms in total. The van der Waals surface area contributed by atoms with Crippen molar-refractivity contribution in [3.05, 3.63) is 41.5 Å². The van der Waals surface area contributed by atoms with E-state index in [4.69, 9.17) is 0 Å². The number of nitrogens with one attached hydrogen (secondary N) is 1. The van der Waals surface area contributed by atoms with Crippen LogP contribution in [0.1, 0.15) is 54.5 Å². The molecule has 0 unspecified atom stereocenters. The molecule has 27 heavy (non-hydrogen) atoms. The summed E-state index contributed by atoms with van der Waals surface area (Å²) in [5, 5.41) is 6.46. The molecule has 0 spiro atoms. The molecule has 0 amide bonds. The quantitative estimate of drug-likeness (QED) is 0.848. The van der Waals surface area contributed by atoms with Crippen molar-refractivity contribution >= 4 is 15.8 Å². The van der Waals surface area contributed by atoms with Gasteiger partial charge in [-0.25, -0.2) is 8.42 Å². The highest BCUT2D eigenvalue weighted by Gasteiger charge is 2.46. The minimum absolute atomic E-state index is 0.209. The van der Waals surface area contributed by atoms with Crippen LogP contribution in [0.4, 0.5) is 13.2 Å². The lowest BCUT2D eigenvalue weighted by Crippen LogP contribution is -2.50. The van der Waals surface area contributed by atoms with Gasteiger partial charge in [-0.1, -0.05) is 13.8 Å². The number of alkyl halides is 3. The number of pyridine rings is 1. The Labute approximate surface area is 153 Å². The van der Waals surface area contributed by atoms with Gasteiger partial charge in [0.1, 0.15) is 16.3 Å². The van der Waals surface area contributed by atoms with Crippen molar-refractivity contribution in [3.63, 3.8) is 0 Å². The van der Waals surface area contributed by atoms with Crippen LogP contribution in [0.2, 0.25) is 0 Å². The first kappa shape index (κ1) is 19.5. The zero-order valence-electron chi connectivity index (χ0n) is 14.5. The van der Waals surface area contributed by atoms with E-state index < -0.39 is 44.7 Å². The van der Waals surface area contributed by atoms with Gasteiger partial charge in [0, 0.05) is 11.8 Å². The molecule has 11 heteroatoms. The minimum Gasteiger partial charge on any atom is -0.291 e. The fourth-order valence-corrected chi connectivity index (χ4v) is 5.15. The largest absolute Gasteiger partial charge is 0.433 e. The summed E-state index contributed by atoms with van der Waals surface area (Å²) in [6.45, 7) is 3.43. The summed E-state index contributed by atoms with van der Waals surface area (Å²) in [5.74, 6) is -0.418. The van der Waals surface area contributed by atoms with Crippen LogP contribution in [0.5, 0.6) is 0 Å². The zero-order valence-corrected chi connectivity index (χ0v) is 15.3. The third kappa shape index (κ3) is 3.14. The van der Waals surface area contributed by atoms with Gasteiger partial charge in [-0.2, -0.15) is 22.6 Å². The number of hydrogen-bond acceptors (Lipinski definition) is 5. The molecule has 0 saturated carbocycles. The Bertz CT molecular complexity index is 954. The van der Waals surface area contributed by atoms with E-state index in [2.05, 4.69) is 15.2 Å². The summed E-state index contributed by atoms with van der Waals surface area (Å²) in [6.07, 6.45) is -2.02. The van der Waals surface area contributed by atoms with E-state index in [0.717, 1.165) is 10.4 Å². The Kier molecular flexibility index (Phi) is 4.85. The van der Waals surface area contributed by atoms with Gasteiger partial charge in [-0.05, 0) is 25.0 Å². The highest BCUT2D eigenvalue weighted by atomic mass is 32.2. The fraction of sp³-hybridized carbons (Fsp3) is 0.438. The number of carbonyl (C=O) groups excluding carboxylic acids is 1. The van der Waals surface area contributed by atoms with Gasteiger partial charge in [0.25, 0.3) is 0 Å². The number of hydrogen-bond donors (Lipinski definition) is 1. The summed E-state index contributed by atoms with van der Waals surface area (Å²) in [7, 11) is -4.26. The van der Waals surface area contributed by atoms with Crippen molar-refractivity contribution in [1.29, 1.82) is 0 Å². The SMILES string of the molecule is CC[C@@H]1c2cn[nH]c2C(=O)[C@H](CC)N1S(=O)(=O)c1ccc(C(F)(F)F)nc1. The average molecular weight is 402 g/mol. The van der Waals surface area contributed by atoms with Gasteiger partial charge in [-0.3, -0.25) is 14.9 Å². The molecule has 146 valence electrons. The minimum atomic E-state index is -4.67. The van der Waals surface area contributed by atoms with Crippen molar-refractivity contribution in [1.82, 2.24) is 19.5 Å². The first-order valence-corrected chi connectivity index (χ1v) is 9.71. The topological polar surface area (TPSA) is 96.0 Å². The molecule has 3 heterocycles. The molecule has 1 aliphatic rings. The Morgan fingerprint density at radius 2 is 1.81 bits per heavy atom. The Morgan fingerprint density at radius 3 is 2.33 bits per heavy atom. The molecule has 0 fully saturated rings. The van der Waals surface area contributed by atoms with E-state index >= 15 is 0 Å². The van der Waals surface area contributed by atoms with Gasteiger partial charge in [0.15, 0.2) is 5.78 Å². The first-order chi connectivity index (χ1) is 12.6. The summed E-state index contributed by atoms with van der Waals surface area (Å²) in [6, 6.07) is -0.159. The molecule has 1 aliphatic heterocycles. The number of rotatable bonds is 4. The van der Waals surface area contributed by atoms with Crippen molar-refractivity contribution in [2.45, 2.75) is 49.8 Å². The van der Waals surface area contributed by atoms with Gasteiger partial charge >= 0.3 is 6.18 Å². The third-order valence-electron chi connectivity index (χ3n) is 4.57. The van der Waals surface area contributed by atoms with E-state index in [9.17, 15) is 26.4 Å². The van der Waals surface area contributed by atoms with Gasteiger partial charge in [0.05, 0.1) is 18.3 Å². The summed E-state index contributed by atoms with van der Waals surface area (Å²) in [5.41, 5.74) is -0.464. The van der Waals surface area contributed by atoms with Crippen molar-refractivity contribution in [2.24, 2.45) is 0 Å². The highest BCUT2D eigenvalue weighted by Crippen LogP contribution is 2.39. The Hall–Kier alpha value is -2.27. The van der Waals surface area contributed by atoms with E-state index in [1.165, 1.54) is 6.20 Å². The molecule has 0 aliphatic carbocycles. The van der Waals surface area contributed by atoms with Crippen molar-refractivity contribution in [3.8, 4) is 0 Å². The molecule has 0 radical (unpaired) electrons. The molecule has 1 N–H and O–H groups in total. The molecule has 0 aromatic carbocycles. The summed E-state index contributed by atoms with van der Waals surface area (Å²) < 4.78 is 65.6. The molecule has 0 saturated heterocycles. The van der Waals surface area contributed by atoms with E-state index in [0.29, 0.717) is 24.2 Å². The normalized spacial score (nSPS) is 21.3. The number of fused-ring (bicyclic) bond motifs is 1. The van der Waals surface area contributed by atoms with E-state index in [1.54, 1.807) is 13.8 Å². The third-order valence-corrected chi connectivity index (χ3v) is 6.47. The van der Waals surface area contributed by atoms with Crippen LogP contribution in [0.15, 0.2) is 29.4 Å². The molecule has 2 atom stereocenters. The zero-order chi connectivity index (χ0) is 20.0. The lowest BCUT2D eigenvalue weighted by molar-refractivity contribution is -0.141. The number of aromatic nitrogens is 3. The molecule has 2 aromatic rings. The number of halogens is 3. The van der Waals surface area contributed by atoms with Crippen LogP contribution in [-0.4, -0.2) is 39.7 Å². The number of Topliss-reactive ketones (excluding diaryl/α,β-unsaturated/α-hetero) is 1. The molecular formula is C16H17F3N4O3S. The second kappa shape index (κ2) is 6.71. The molecular weight excluding hydrogens is 385 g/mol. The van der Waals surface area contributed by atoms with Crippen LogP contribution < -0.4 is 0 Å². The number of H-pyrrole nitrogens is 1. The average Bonchev–Trinajstić information content (AvgIpc) is 3.11. The second-order valence-electron chi connectivity index (χ2n) is 6.12. The van der Waals surface area contributed by atoms with Crippen LogP contribution in [0.3, 0.4) is 0 Å². The van der Waals surface area contributed by atoms with Crippen molar-refractivity contribution < 1.29 is 26.4 Å². The number of nitrogens with zero attached hydrogens (tertiary/aromatic N) is 3. The van der Waals surface area contributed by atoms with Gasteiger partial charge < -0.3 is 0 Å². The van der Waals surface area contributed by atoms with Crippen LogP contribution in [-0.2, 0) is 16.2 Å². The second-order valence-corrected chi connectivity index (χ2v) is 7.97. The standard InChI is InChI=1S/C16H17F3N4O3S/c1-3-11-10-8-21-22-14(10)15(24)12(4-2)23(11)27(25,26)9-5-6-13(20-7-9)16(17,18)19/h5-8,11-12H,3-4H2,1-2H3,(H,21,22)/t11-,12+/m1/s1. The number of carbonyl (C=O) groups is 1. The molecule has 3 rings (SSSR count). The monoisotopic (exact) mass is 402 g/mol. The van der Waals surface area contributed by atoms with Crippen molar-refractivity contribution in [2.75, 3.05) is 0 Å². The first-order valence-electron chi connectivity index (χ1n) is 8.27. The van der Waals surface area contributed by atoms with Gasteiger partial charge in [0.2, 0.25) is 10.0 Å². The maximum absolute atomic E-state index is 13.2. The smallest absolute Gasteiger partial charge is 0.291 e. The molecule has 0 bridgehead atoms. The predicted octanol–water partition coefficient (Wildman–Crippen LogP) is 2.94. The van der Waals surface area contributed by atoms with Crippen LogP contribution >= 0.6 is 0 Å². The molecule has 2 aromatic heterocycles. The Morgan fingerprint density at radius 1 is 1.15 bits per heavy atom. The van der Waals surface area contributed by atoms with Gasteiger partial charge in [-0.15, -0.1) is 0 Å². The highest BCUT2D eigenvalue weighted by molar-refractivity contribution is 7.89. The summed E-state index contributed by atoms with van der Waals surface area (Å²) in [4.78, 5) is 15.5. The maximum Gasteiger partial charge on any atom is 0.433 e. The number of aromatic amines is 1. The van der Waals surface area contributed by atoms with E-state index in [1.807, 2.05) is 0 Å².